The maximum atomic E-state index is 2.43. The number of hydrogen-bond donors (Lipinski definition) is 0. The van der Waals surface area contributed by atoms with Gasteiger partial charge < -0.3 is 27.4 Å². The summed E-state index contributed by atoms with van der Waals surface area (Å²) in [5.41, 5.74) is 38.7. The fraction of sp³-hybridized carbons (Fsp3) is 0. The molecular formula is C140H92N6. The third-order valence-electron chi connectivity index (χ3n) is 29.9. The molecule has 6 aromatic heterocycles. The van der Waals surface area contributed by atoms with Crippen molar-refractivity contribution in [3.8, 4) is 112 Å². The van der Waals surface area contributed by atoms with Gasteiger partial charge in [0.2, 0.25) is 0 Å². The Morgan fingerprint density at radius 3 is 0.610 bits per heavy atom. The smallest absolute Gasteiger partial charge is 0.0541 e. The first-order valence-corrected chi connectivity index (χ1v) is 50.2. The van der Waals surface area contributed by atoms with Crippen LogP contribution in [0.4, 0.5) is 0 Å². The summed E-state index contributed by atoms with van der Waals surface area (Å²) in [6.45, 7) is 0. The van der Waals surface area contributed by atoms with E-state index < -0.39 is 0 Å². The van der Waals surface area contributed by atoms with Crippen molar-refractivity contribution >= 4 is 152 Å². The monoisotopic (exact) mass is 1860 g/mol. The van der Waals surface area contributed by atoms with Crippen molar-refractivity contribution in [2.45, 2.75) is 0 Å². The highest BCUT2D eigenvalue weighted by Crippen LogP contribution is 2.46. The molecule has 0 atom stereocenters. The van der Waals surface area contributed by atoms with Gasteiger partial charge in [0.05, 0.1) is 77.6 Å². The molecule has 6 heteroatoms. The molecule has 0 N–H and O–H groups in total. The van der Waals surface area contributed by atoms with Gasteiger partial charge in [-0.2, -0.15) is 0 Å². The van der Waals surface area contributed by atoms with Crippen LogP contribution >= 0.6 is 0 Å². The summed E-state index contributed by atoms with van der Waals surface area (Å²) in [5.74, 6) is 0. The normalized spacial score (nSPS) is 11.7. The topological polar surface area (TPSA) is 29.6 Å². The second-order valence-electron chi connectivity index (χ2n) is 38.2. The fourth-order valence-electron chi connectivity index (χ4n) is 23.1. The molecule has 0 aliphatic carbocycles. The van der Waals surface area contributed by atoms with Gasteiger partial charge in [0.1, 0.15) is 0 Å². The maximum Gasteiger partial charge on any atom is 0.0541 e. The summed E-state index contributed by atoms with van der Waals surface area (Å²) in [5, 5.41) is 20.1. The predicted octanol–water partition coefficient (Wildman–Crippen LogP) is 37.6. The zero-order chi connectivity index (χ0) is 96.2. The molecule has 6 heterocycles. The molecule has 24 aromatic carbocycles. The SMILES string of the molecule is c1ccc(-c2ccc(-c3cccc(-n4c5ccccc5c5cc(-c6ccc7c(c6)c6ccccc6n7-c6ccccc6)ccc54)c3)cc2)cc1.c1ccc(-c2cccc(-c3ccc(-n4c5ccccc5c5cc(-c6ccc7c(c6)c6ccccc6n7-c6ccccc6)ccc54)cc3)c2)cc1.c1ccc2c(-n3c4ccccc4c4cc(-c5ccc6c(c5)c5ccccc5n6-c5cccc6ccccc56)ccc43)cccc2c1. The molecule has 0 aliphatic heterocycles. The molecule has 0 radical (unpaired) electrons. The van der Waals surface area contributed by atoms with Crippen LogP contribution in [-0.4, -0.2) is 27.4 Å². The van der Waals surface area contributed by atoms with Gasteiger partial charge in [0.15, 0.2) is 0 Å². The van der Waals surface area contributed by atoms with E-state index in [1.54, 1.807) is 0 Å². The summed E-state index contributed by atoms with van der Waals surface area (Å²) in [7, 11) is 0. The molecule has 0 saturated heterocycles. The molecule has 0 unspecified atom stereocenters. The van der Waals surface area contributed by atoms with Crippen LogP contribution in [0.5, 0.6) is 0 Å². The van der Waals surface area contributed by atoms with Gasteiger partial charge in [0.25, 0.3) is 0 Å². The number of fused-ring (bicyclic) bond motifs is 20. The van der Waals surface area contributed by atoms with E-state index in [1.807, 2.05) is 0 Å². The number of benzene rings is 24. The Morgan fingerprint density at radius 2 is 0.274 bits per heavy atom. The first-order chi connectivity index (χ1) is 72.4. The molecule has 0 fully saturated rings. The second-order valence-corrected chi connectivity index (χ2v) is 38.2. The first-order valence-electron chi connectivity index (χ1n) is 50.2. The molecule has 146 heavy (non-hydrogen) atoms. The molecule has 0 saturated carbocycles. The van der Waals surface area contributed by atoms with E-state index in [0.29, 0.717) is 0 Å². The largest absolute Gasteiger partial charge is 0.309 e. The van der Waals surface area contributed by atoms with Gasteiger partial charge in [-0.15, -0.1) is 0 Å². The van der Waals surface area contributed by atoms with Crippen LogP contribution in [-0.2, 0) is 0 Å². The first kappa shape index (κ1) is 84.7. The van der Waals surface area contributed by atoms with Gasteiger partial charge in [-0.25, -0.2) is 0 Å². The molecule has 30 rings (SSSR count). The lowest BCUT2D eigenvalue weighted by Crippen LogP contribution is -1.95. The van der Waals surface area contributed by atoms with Gasteiger partial charge in [0, 0.05) is 98.2 Å². The quantitative estimate of drug-likeness (QED) is 0.110. The van der Waals surface area contributed by atoms with Crippen LogP contribution in [0.3, 0.4) is 0 Å². The third kappa shape index (κ3) is 14.5. The van der Waals surface area contributed by atoms with E-state index in [0.717, 1.165) is 11.4 Å². The summed E-state index contributed by atoms with van der Waals surface area (Å²) in [6, 6.07) is 203. The minimum Gasteiger partial charge on any atom is -0.309 e. The number of rotatable bonds is 13. The van der Waals surface area contributed by atoms with Crippen LogP contribution in [0.2, 0.25) is 0 Å². The highest BCUT2D eigenvalue weighted by molar-refractivity contribution is 6.18. The highest BCUT2D eigenvalue weighted by atomic mass is 15.0. The van der Waals surface area contributed by atoms with Crippen molar-refractivity contribution < 1.29 is 0 Å². The Balaban J connectivity index is 0.000000106. The van der Waals surface area contributed by atoms with Crippen LogP contribution in [0.25, 0.3) is 264 Å². The number of para-hydroxylation sites is 8. The fourth-order valence-corrected chi connectivity index (χ4v) is 23.1. The number of hydrogen-bond acceptors (Lipinski definition) is 0. The van der Waals surface area contributed by atoms with Crippen LogP contribution in [0, 0.1) is 0 Å². The number of aromatic nitrogens is 6. The Hall–Kier alpha value is -19.4. The Labute approximate surface area is 843 Å². The average Bonchev–Trinajstić information content (AvgIpc) is 1.59. The predicted molar refractivity (Wildman–Crippen MR) is 618 cm³/mol. The Kier molecular flexibility index (Phi) is 20.5. The molecule has 682 valence electrons. The summed E-state index contributed by atoms with van der Waals surface area (Å²) in [6.07, 6.45) is 0. The van der Waals surface area contributed by atoms with Crippen LogP contribution in [0.1, 0.15) is 0 Å². The van der Waals surface area contributed by atoms with Crippen LogP contribution in [0.15, 0.2) is 558 Å². The Bertz CT molecular complexity index is 10200. The van der Waals surface area contributed by atoms with E-state index in [4.69, 9.17) is 0 Å². The van der Waals surface area contributed by atoms with E-state index >= 15 is 0 Å². The van der Waals surface area contributed by atoms with Gasteiger partial charge in [-0.3, -0.25) is 0 Å². The van der Waals surface area contributed by atoms with Crippen molar-refractivity contribution in [3.05, 3.63) is 558 Å². The van der Waals surface area contributed by atoms with Crippen molar-refractivity contribution in [1.29, 1.82) is 0 Å². The molecular weight excluding hydrogens is 1770 g/mol. The van der Waals surface area contributed by atoms with Crippen molar-refractivity contribution in [3.63, 3.8) is 0 Å². The average molecular weight is 1860 g/mol. The lowest BCUT2D eigenvalue weighted by molar-refractivity contribution is 1.18. The maximum absolute atomic E-state index is 2.43. The van der Waals surface area contributed by atoms with Gasteiger partial charge in [-0.1, -0.05) is 382 Å². The van der Waals surface area contributed by atoms with E-state index in [9.17, 15) is 0 Å². The Morgan fingerprint density at radius 1 is 0.0890 bits per heavy atom. The van der Waals surface area contributed by atoms with Gasteiger partial charge >= 0.3 is 0 Å². The lowest BCUT2D eigenvalue weighted by atomic mass is 9.99. The van der Waals surface area contributed by atoms with E-state index in [-0.39, 0.29) is 0 Å². The third-order valence-corrected chi connectivity index (χ3v) is 29.9. The molecule has 30 aromatic rings. The van der Waals surface area contributed by atoms with Crippen molar-refractivity contribution in [2.24, 2.45) is 0 Å². The van der Waals surface area contributed by atoms with Crippen molar-refractivity contribution in [1.82, 2.24) is 27.4 Å². The second kappa shape index (κ2) is 35.4. The zero-order valence-electron chi connectivity index (χ0n) is 79.8. The van der Waals surface area contributed by atoms with Gasteiger partial charge in [-0.05, 0) is 265 Å². The van der Waals surface area contributed by atoms with E-state index in [1.165, 1.54) is 253 Å². The summed E-state index contributed by atoms with van der Waals surface area (Å²) >= 11 is 0. The highest BCUT2D eigenvalue weighted by Gasteiger charge is 2.24. The van der Waals surface area contributed by atoms with Crippen LogP contribution < -0.4 is 0 Å². The van der Waals surface area contributed by atoms with E-state index in [2.05, 4.69) is 586 Å². The number of nitrogens with zero attached hydrogens (tertiary/aromatic N) is 6. The lowest BCUT2D eigenvalue weighted by Gasteiger charge is -2.12. The molecule has 0 amide bonds. The summed E-state index contributed by atoms with van der Waals surface area (Å²) < 4.78 is 14.4. The minimum absolute atomic E-state index is 1.15. The standard InChI is InChI=1S/2C48H32N2.C44H28N2/c1-3-12-33(13-4-1)35-14-11-15-36(30-35)34-22-26-40(27-23-34)50-46-21-10-8-19-42(46)44-32-38(25-29-48(44)50)37-24-28-47-43(31-37)41-18-7-9-20-45(41)49(47)39-16-5-2-6-17-39;1-3-12-33(13-4-1)34-22-24-35(25-23-34)36-14-11-17-40(30-36)50-46-21-10-8-19-42(46)44-32-38(27-29-48(44)50)37-26-28-47-43(31-37)41-18-7-9-20-45(41)49(47)39-15-5-2-6-16-39;1-3-15-33-29(11-1)13-9-21-39(33)45-41-19-7-5-17-35(41)37-27-31(23-25-43(37)45)32-24-26-44-38(28-32)36-18-6-8-20-42(36)46(44)40-22-10-14-30-12-2-4-16-34(30)40/h2*1-32H;1-28H. The van der Waals surface area contributed by atoms with Crippen molar-refractivity contribution in [2.75, 3.05) is 0 Å². The molecule has 0 aliphatic rings. The molecule has 0 spiro atoms. The zero-order valence-corrected chi connectivity index (χ0v) is 79.8. The minimum atomic E-state index is 1.15. The molecule has 6 nitrogen and oxygen atoms in total. The summed E-state index contributed by atoms with van der Waals surface area (Å²) in [4.78, 5) is 0. The molecule has 0 bridgehead atoms.